The first-order valence-electron chi connectivity index (χ1n) is 8.58. The van der Waals surface area contributed by atoms with E-state index in [4.69, 9.17) is 0 Å². The molecule has 2 N–H and O–H groups in total. The van der Waals surface area contributed by atoms with Crippen molar-refractivity contribution in [2.45, 2.75) is 17.6 Å². The Morgan fingerprint density at radius 3 is 1.93 bits per heavy atom. The SMILES string of the molecule is Cc1ccc(NS(=O)(=O)c2ccc(NS(=O)(=O)Cc3ccccc3F)cc2)cc1. The Hall–Kier alpha value is -2.91. The summed E-state index contributed by atoms with van der Waals surface area (Å²) in [5.41, 5.74) is 1.64. The highest BCUT2D eigenvalue weighted by atomic mass is 32.2. The Labute approximate surface area is 169 Å². The van der Waals surface area contributed by atoms with Gasteiger partial charge >= 0.3 is 0 Å². The third-order valence-electron chi connectivity index (χ3n) is 4.05. The summed E-state index contributed by atoms with van der Waals surface area (Å²) in [5, 5.41) is 0. The molecular formula is C20H19FN2O4S2. The highest BCUT2D eigenvalue weighted by Gasteiger charge is 2.17. The van der Waals surface area contributed by atoms with Crippen LogP contribution in [0.3, 0.4) is 0 Å². The zero-order valence-corrected chi connectivity index (χ0v) is 17.1. The van der Waals surface area contributed by atoms with Crippen LogP contribution in [0.5, 0.6) is 0 Å². The molecule has 6 nitrogen and oxygen atoms in total. The van der Waals surface area contributed by atoms with Gasteiger partial charge in [-0.05, 0) is 49.4 Å². The molecule has 0 amide bonds. The van der Waals surface area contributed by atoms with E-state index in [0.717, 1.165) is 5.56 Å². The number of nitrogens with one attached hydrogen (secondary N) is 2. The second-order valence-electron chi connectivity index (χ2n) is 6.45. The molecule has 3 rings (SSSR count). The van der Waals surface area contributed by atoms with Crippen molar-refractivity contribution in [1.29, 1.82) is 0 Å². The predicted molar refractivity (Wildman–Crippen MR) is 111 cm³/mol. The van der Waals surface area contributed by atoms with E-state index in [0.29, 0.717) is 5.69 Å². The molecule has 0 radical (unpaired) electrons. The number of hydrogen-bond donors (Lipinski definition) is 2. The van der Waals surface area contributed by atoms with Gasteiger partial charge in [-0.2, -0.15) is 0 Å². The van der Waals surface area contributed by atoms with E-state index in [9.17, 15) is 21.2 Å². The number of rotatable bonds is 7. The second kappa shape index (κ2) is 8.22. The molecule has 0 aliphatic carbocycles. The molecule has 0 spiro atoms. The number of benzene rings is 3. The molecule has 152 valence electrons. The van der Waals surface area contributed by atoms with Crippen molar-refractivity contribution < 1.29 is 21.2 Å². The highest BCUT2D eigenvalue weighted by Crippen LogP contribution is 2.20. The average molecular weight is 435 g/mol. The number of hydrogen-bond acceptors (Lipinski definition) is 4. The van der Waals surface area contributed by atoms with E-state index >= 15 is 0 Å². The van der Waals surface area contributed by atoms with E-state index in [1.54, 1.807) is 30.3 Å². The van der Waals surface area contributed by atoms with E-state index in [1.165, 1.54) is 42.5 Å². The van der Waals surface area contributed by atoms with Crippen LogP contribution in [0.2, 0.25) is 0 Å². The molecule has 3 aromatic carbocycles. The maximum Gasteiger partial charge on any atom is 0.261 e. The van der Waals surface area contributed by atoms with Crippen LogP contribution >= 0.6 is 0 Å². The van der Waals surface area contributed by atoms with Gasteiger partial charge in [-0.15, -0.1) is 0 Å². The smallest absolute Gasteiger partial charge is 0.261 e. The minimum Gasteiger partial charge on any atom is -0.283 e. The highest BCUT2D eigenvalue weighted by molar-refractivity contribution is 7.92. The topological polar surface area (TPSA) is 92.3 Å². The number of aryl methyl sites for hydroxylation is 1. The van der Waals surface area contributed by atoms with Gasteiger partial charge in [-0.3, -0.25) is 9.44 Å². The van der Waals surface area contributed by atoms with E-state index in [2.05, 4.69) is 9.44 Å². The second-order valence-corrected chi connectivity index (χ2v) is 9.85. The quantitative estimate of drug-likeness (QED) is 0.590. The first-order chi connectivity index (χ1) is 13.6. The monoisotopic (exact) mass is 434 g/mol. The van der Waals surface area contributed by atoms with Gasteiger partial charge in [0.25, 0.3) is 10.0 Å². The summed E-state index contributed by atoms with van der Waals surface area (Å²) in [5.74, 6) is -1.14. The Kier molecular flexibility index (Phi) is 5.90. The normalized spacial score (nSPS) is 11.8. The molecule has 0 fully saturated rings. The molecule has 0 saturated heterocycles. The van der Waals surface area contributed by atoms with E-state index in [1.807, 2.05) is 6.92 Å². The largest absolute Gasteiger partial charge is 0.283 e. The summed E-state index contributed by atoms with van der Waals surface area (Å²) < 4.78 is 67.9. The fourth-order valence-corrected chi connectivity index (χ4v) is 4.84. The van der Waals surface area contributed by atoms with Crippen molar-refractivity contribution >= 4 is 31.4 Å². The lowest BCUT2D eigenvalue weighted by Crippen LogP contribution is -2.16. The Balaban J connectivity index is 1.72. The molecule has 0 aromatic heterocycles. The molecule has 0 atom stereocenters. The molecule has 0 aliphatic heterocycles. The molecule has 0 heterocycles. The van der Waals surface area contributed by atoms with Crippen LogP contribution in [0, 0.1) is 12.7 Å². The van der Waals surface area contributed by atoms with Gasteiger partial charge in [0.05, 0.1) is 10.6 Å². The summed E-state index contributed by atoms with van der Waals surface area (Å²) >= 11 is 0. The van der Waals surface area contributed by atoms with Gasteiger partial charge in [0.1, 0.15) is 5.82 Å². The fraction of sp³-hybridized carbons (Fsp3) is 0.100. The first-order valence-corrected chi connectivity index (χ1v) is 11.7. The Morgan fingerprint density at radius 1 is 0.759 bits per heavy atom. The van der Waals surface area contributed by atoms with Gasteiger partial charge < -0.3 is 0 Å². The molecule has 0 saturated carbocycles. The van der Waals surface area contributed by atoms with Crippen LogP contribution in [-0.4, -0.2) is 16.8 Å². The molecule has 9 heteroatoms. The van der Waals surface area contributed by atoms with Gasteiger partial charge in [-0.25, -0.2) is 21.2 Å². The zero-order valence-electron chi connectivity index (χ0n) is 15.5. The standard InChI is InChI=1S/C20H19FN2O4S2/c1-15-6-8-18(9-7-15)23-29(26,27)19-12-10-17(11-13-19)22-28(24,25)14-16-4-2-3-5-20(16)21/h2-13,22-23H,14H2,1H3. The van der Waals surface area contributed by atoms with Crippen molar-refractivity contribution in [3.8, 4) is 0 Å². The lowest BCUT2D eigenvalue weighted by Gasteiger charge is -2.11. The number of sulfonamides is 2. The van der Waals surface area contributed by atoms with Crippen molar-refractivity contribution in [3.63, 3.8) is 0 Å². The Morgan fingerprint density at radius 2 is 1.31 bits per heavy atom. The summed E-state index contributed by atoms with van der Waals surface area (Å²) in [6.07, 6.45) is 0. The number of anilines is 2. The molecule has 3 aromatic rings. The lowest BCUT2D eigenvalue weighted by molar-refractivity contribution is 0.591. The summed E-state index contributed by atoms with van der Waals surface area (Å²) in [7, 11) is -7.68. The van der Waals surface area contributed by atoms with Gasteiger partial charge in [0.15, 0.2) is 0 Å². The molecule has 0 aliphatic rings. The van der Waals surface area contributed by atoms with E-state index in [-0.39, 0.29) is 16.1 Å². The maximum atomic E-state index is 13.7. The van der Waals surface area contributed by atoms with Crippen molar-refractivity contribution in [3.05, 3.63) is 89.7 Å². The van der Waals surface area contributed by atoms with Gasteiger partial charge in [-0.1, -0.05) is 35.9 Å². The minimum atomic E-state index is -3.87. The zero-order chi connectivity index (χ0) is 21.1. The fourth-order valence-electron chi connectivity index (χ4n) is 2.57. The average Bonchev–Trinajstić information content (AvgIpc) is 2.65. The maximum absolute atomic E-state index is 13.7. The van der Waals surface area contributed by atoms with Crippen LogP contribution < -0.4 is 9.44 Å². The van der Waals surface area contributed by atoms with Crippen LogP contribution in [0.25, 0.3) is 0 Å². The van der Waals surface area contributed by atoms with Crippen LogP contribution in [0.15, 0.2) is 77.7 Å². The lowest BCUT2D eigenvalue weighted by atomic mass is 10.2. The van der Waals surface area contributed by atoms with Crippen LogP contribution in [0.1, 0.15) is 11.1 Å². The third kappa shape index (κ3) is 5.55. The van der Waals surface area contributed by atoms with Gasteiger partial charge in [0.2, 0.25) is 10.0 Å². The van der Waals surface area contributed by atoms with Crippen molar-refractivity contribution in [2.75, 3.05) is 9.44 Å². The van der Waals surface area contributed by atoms with E-state index < -0.39 is 31.6 Å². The molecule has 0 bridgehead atoms. The summed E-state index contributed by atoms with van der Waals surface area (Å²) in [6.45, 7) is 1.89. The predicted octanol–water partition coefficient (Wildman–Crippen LogP) is 3.88. The molecule has 29 heavy (non-hydrogen) atoms. The molecule has 0 unspecified atom stereocenters. The minimum absolute atomic E-state index is 0.0184. The van der Waals surface area contributed by atoms with Crippen LogP contribution in [0.4, 0.5) is 15.8 Å². The molecular weight excluding hydrogens is 415 g/mol. The summed E-state index contributed by atoms with van der Waals surface area (Å²) in [6, 6.07) is 17.7. The van der Waals surface area contributed by atoms with Crippen molar-refractivity contribution in [2.24, 2.45) is 0 Å². The third-order valence-corrected chi connectivity index (χ3v) is 6.68. The Bertz CT molecular complexity index is 1210. The number of halogens is 1. The summed E-state index contributed by atoms with van der Waals surface area (Å²) in [4.78, 5) is -0.0184. The first kappa shape index (κ1) is 20.8. The van der Waals surface area contributed by atoms with Crippen molar-refractivity contribution in [1.82, 2.24) is 0 Å². The van der Waals surface area contributed by atoms with Crippen LogP contribution in [-0.2, 0) is 25.8 Å². The van der Waals surface area contributed by atoms with Gasteiger partial charge in [0, 0.05) is 16.9 Å².